The molecule has 0 aromatic carbocycles. The fraction of sp³-hybridized carbons (Fsp3) is 0.200. The van der Waals surface area contributed by atoms with Crippen LogP contribution in [-0.4, -0.2) is 18.6 Å². The van der Waals surface area contributed by atoms with E-state index in [9.17, 15) is 8.42 Å². The van der Waals surface area contributed by atoms with E-state index in [0.717, 1.165) is 0 Å². The van der Waals surface area contributed by atoms with Gasteiger partial charge in [0.2, 0.25) is 10.0 Å². The van der Waals surface area contributed by atoms with Gasteiger partial charge in [0.25, 0.3) is 0 Å². The molecule has 0 aliphatic rings. The molecule has 0 atom stereocenters. The minimum absolute atomic E-state index is 0.0703. The molecular weight excluding hydrogens is 318 g/mol. The highest BCUT2D eigenvalue weighted by molar-refractivity contribution is 7.89. The Bertz CT molecular complexity index is 895. The average Bonchev–Trinajstić information content (AvgIpc) is 3.16. The Morgan fingerprint density at radius 3 is 2.70 bits per heavy atom. The molecule has 3 aromatic heterocycles. The van der Waals surface area contributed by atoms with Crippen LogP contribution >= 0.6 is 0 Å². The average molecular weight is 333 g/mol. The number of aryl methyl sites for hydroxylation is 2. The van der Waals surface area contributed by atoms with Crippen molar-refractivity contribution in [2.24, 2.45) is 0 Å². The SMILES string of the molecule is Cc1noc(C)c1S(=O)(=O)NCc1cccnc1-c1ccco1. The molecule has 0 aliphatic carbocycles. The van der Waals surface area contributed by atoms with Crippen molar-refractivity contribution >= 4 is 10.0 Å². The maximum absolute atomic E-state index is 12.5. The highest BCUT2D eigenvalue weighted by Gasteiger charge is 2.24. The third-order valence-corrected chi connectivity index (χ3v) is 4.98. The fourth-order valence-electron chi connectivity index (χ4n) is 2.32. The summed E-state index contributed by atoms with van der Waals surface area (Å²) in [5.41, 5.74) is 1.63. The maximum Gasteiger partial charge on any atom is 0.246 e. The van der Waals surface area contributed by atoms with Crippen LogP contribution in [0, 0.1) is 13.8 Å². The number of nitrogens with zero attached hydrogens (tertiary/aromatic N) is 2. The summed E-state index contributed by atoms with van der Waals surface area (Å²) in [5, 5.41) is 3.67. The van der Waals surface area contributed by atoms with E-state index in [0.29, 0.717) is 22.7 Å². The normalized spacial score (nSPS) is 11.7. The van der Waals surface area contributed by atoms with Crippen LogP contribution in [0.25, 0.3) is 11.5 Å². The van der Waals surface area contributed by atoms with E-state index in [4.69, 9.17) is 8.94 Å². The molecule has 3 rings (SSSR count). The van der Waals surface area contributed by atoms with Gasteiger partial charge in [0.15, 0.2) is 11.5 Å². The summed E-state index contributed by atoms with van der Waals surface area (Å²) in [6.45, 7) is 3.23. The largest absolute Gasteiger partial charge is 0.463 e. The topological polar surface area (TPSA) is 98.2 Å². The van der Waals surface area contributed by atoms with Crippen molar-refractivity contribution in [2.75, 3.05) is 0 Å². The first-order chi connectivity index (χ1) is 11.0. The Morgan fingerprint density at radius 1 is 1.22 bits per heavy atom. The van der Waals surface area contributed by atoms with Gasteiger partial charge in [-0.25, -0.2) is 13.1 Å². The number of pyridine rings is 1. The van der Waals surface area contributed by atoms with Gasteiger partial charge in [0.05, 0.1) is 6.26 Å². The molecule has 0 aliphatic heterocycles. The Kier molecular flexibility index (Phi) is 4.01. The van der Waals surface area contributed by atoms with E-state index in [-0.39, 0.29) is 17.2 Å². The zero-order valence-corrected chi connectivity index (χ0v) is 13.4. The summed E-state index contributed by atoms with van der Waals surface area (Å²) >= 11 is 0. The van der Waals surface area contributed by atoms with Gasteiger partial charge in [-0.05, 0) is 37.6 Å². The molecule has 3 heterocycles. The van der Waals surface area contributed by atoms with Crippen molar-refractivity contribution in [1.82, 2.24) is 14.9 Å². The van der Waals surface area contributed by atoms with Crippen molar-refractivity contribution in [1.29, 1.82) is 0 Å². The lowest BCUT2D eigenvalue weighted by Gasteiger charge is -2.09. The highest BCUT2D eigenvalue weighted by Crippen LogP contribution is 2.23. The second-order valence-corrected chi connectivity index (χ2v) is 6.67. The lowest BCUT2D eigenvalue weighted by molar-refractivity contribution is 0.390. The summed E-state index contributed by atoms with van der Waals surface area (Å²) in [7, 11) is -3.73. The van der Waals surface area contributed by atoms with Gasteiger partial charge in [0.1, 0.15) is 16.3 Å². The molecule has 0 amide bonds. The molecule has 7 nitrogen and oxygen atoms in total. The van der Waals surface area contributed by atoms with Gasteiger partial charge in [-0.15, -0.1) is 0 Å². The number of nitrogens with one attached hydrogen (secondary N) is 1. The van der Waals surface area contributed by atoms with E-state index in [1.165, 1.54) is 0 Å². The van der Waals surface area contributed by atoms with Crippen molar-refractivity contribution in [2.45, 2.75) is 25.3 Å². The van der Waals surface area contributed by atoms with E-state index in [1.807, 2.05) is 0 Å². The number of aromatic nitrogens is 2. The Labute approximate surface area is 133 Å². The summed E-state index contributed by atoms with van der Waals surface area (Å²) in [6, 6.07) is 7.06. The molecule has 0 unspecified atom stereocenters. The van der Waals surface area contributed by atoms with Crippen molar-refractivity contribution in [3.05, 3.63) is 53.7 Å². The van der Waals surface area contributed by atoms with Gasteiger partial charge in [0, 0.05) is 12.7 Å². The monoisotopic (exact) mass is 333 g/mol. The first-order valence-corrected chi connectivity index (χ1v) is 8.37. The number of hydrogen-bond donors (Lipinski definition) is 1. The van der Waals surface area contributed by atoms with Gasteiger partial charge < -0.3 is 8.94 Å². The second kappa shape index (κ2) is 5.98. The zero-order chi connectivity index (χ0) is 16.4. The first kappa shape index (κ1) is 15.4. The fourth-order valence-corrected chi connectivity index (χ4v) is 3.65. The van der Waals surface area contributed by atoms with Crippen molar-refractivity contribution in [3.8, 4) is 11.5 Å². The minimum atomic E-state index is -3.73. The number of rotatable bonds is 5. The summed E-state index contributed by atoms with van der Waals surface area (Å²) in [4.78, 5) is 4.33. The van der Waals surface area contributed by atoms with Crippen LogP contribution in [0.1, 0.15) is 17.0 Å². The van der Waals surface area contributed by atoms with E-state index >= 15 is 0 Å². The van der Waals surface area contributed by atoms with Crippen LogP contribution in [0.15, 0.2) is 50.6 Å². The molecule has 3 aromatic rings. The predicted molar refractivity (Wildman–Crippen MR) is 81.9 cm³/mol. The molecule has 0 spiro atoms. The number of hydrogen-bond acceptors (Lipinski definition) is 6. The van der Waals surface area contributed by atoms with Gasteiger partial charge in [-0.3, -0.25) is 4.98 Å². The van der Waals surface area contributed by atoms with Crippen LogP contribution < -0.4 is 4.72 Å². The van der Waals surface area contributed by atoms with E-state index < -0.39 is 10.0 Å². The number of sulfonamides is 1. The molecule has 1 N–H and O–H groups in total. The van der Waals surface area contributed by atoms with Crippen LogP contribution in [-0.2, 0) is 16.6 Å². The van der Waals surface area contributed by atoms with Crippen LogP contribution in [0.2, 0.25) is 0 Å². The van der Waals surface area contributed by atoms with Gasteiger partial charge in [-0.2, -0.15) is 0 Å². The standard InChI is InChI=1S/C15H15N3O4S/c1-10-15(11(2)22-18-10)23(19,20)17-9-12-5-3-7-16-14(12)13-6-4-8-21-13/h3-8,17H,9H2,1-2H3. The third-order valence-electron chi connectivity index (χ3n) is 3.34. The van der Waals surface area contributed by atoms with Gasteiger partial charge in [-0.1, -0.05) is 11.2 Å². The molecule has 0 radical (unpaired) electrons. The van der Waals surface area contributed by atoms with Crippen LogP contribution in [0.3, 0.4) is 0 Å². The van der Waals surface area contributed by atoms with Crippen LogP contribution in [0.4, 0.5) is 0 Å². The molecule has 0 fully saturated rings. The Balaban J connectivity index is 1.87. The van der Waals surface area contributed by atoms with Gasteiger partial charge >= 0.3 is 0 Å². The predicted octanol–water partition coefficient (Wildman–Crippen LogP) is 2.42. The number of furan rings is 1. The Morgan fingerprint density at radius 2 is 2.04 bits per heavy atom. The minimum Gasteiger partial charge on any atom is -0.463 e. The van der Waals surface area contributed by atoms with Crippen molar-refractivity contribution in [3.63, 3.8) is 0 Å². The third kappa shape index (κ3) is 3.03. The molecular formula is C15H15N3O4S. The maximum atomic E-state index is 12.5. The first-order valence-electron chi connectivity index (χ1n) is 6.89. The molecule has 0 bridgehead atoms. The molecule has 23 heavy (non-hydrogen) atoms. The molecule has 8 heteroatoms. The van der Waals surface area contributed by atoms with Crippen molar-refractivity contribution < 1.29 is 17.4 Å². The summed E-state index contributed by atoms with van der Waals surface area (Å²) < 4.78 is 37.7. The Hall–Kier alpha value is -2.45. The van der Waals surface area contributed by atoms with E-state index in [2.05, 4.69) is 14.9 Å². The smallest absolute Gasteiger partial charge is 0.246 e. The second-order valence-electron chi connectivity index (χ2n) is 4.97. The zero-order valence-electron chi connectivity index (χ0n) is 12.6. The highest BCUT2D eigenvalue weighted by atomic mass is 32.2. The lowest BCUT2D eigenvalue weighted by Crippen LogP contribution is -2.24. The summed E-state index contributed by atoms with van der Waals surface area (Å²) in [6.07, 6.45) is 3.17. The molecule has 120 valence electrons. The molecule has 0 saturated carbocycles. The quantitative estimate of drug-likeness (QED) is 0.770. The van der Waals surface area contributed by atoms with E-state index in [1.54, 1.807) is 50.6 Å². The molecule has 0 saturated heterocycles. The summed E-state index contributed by atoms with van der Waals surface area (Å²) in [5.74, 6) is 0.838. The van der Waals surface area contributed by atoms with Crippen LogP contribution in [0.5, 0.6) is 0 Å². The lowest BCUT2D eigenvalue weighted by atomic mass is 10.1.